The number of pyridine rings is 1. The lowest BCUT2D eigenvalue weighted by Gasteiger charge is -2.02. The number of carbonyl (C=O) groups is 1. The lowest BCUT2D eigenvalue weighted by atomic mass is 10.2. The average molecular weight is 285 g/mol. The summed E-state index contributed by atoms with van der Waals surface area (Å²) in [7, 11) is 1.32. The van der Waals surface area contributed by atoms with Crippen LogP contribution in [0, 0.1) is 12.7 Å². The number of benzene rings is 1. The van der Waals surface area contributed by atoms with Gasteiger partial charge in [0.05, 0.1) is 7.11 Å². The summed E-state index contributed by atoms with van der Waals surface area (Å²) < 4.78 is 19.3. The molecule has 5 nitrogen and oxygen atoms in total. The van der Waals surface area contributed by atoms with Gasteiger partial charge in [-0.05, 0) is 43.3 Å². The zero-order chi connectivity index (χ0) is 15.0. The van der Waals surface area contributed by atoms with Crippen LogP contribution < -0.4 is 0 Å². The van der Waals surface area contributed by atoms with E-state index in [9.17, 15) is 9.18 Å². The van der Waals surface area contributed by atoms with Gasteiger partial charge < -0.3 is 4.74 Å². The molecule has 0 unspecified atom stereocenters. The third-order valence-corrected chi connectivity index (χ3v) is 3.18. The molecule has 106 valence electrons. The van der Waals surface area contributed by atoms with Crippen molar-refractivity contribution in [3.8, 4) is 11.4 Å². The largest absolute Gasteiger partial charge is 0.465 e. The number of aryl methyl sites for hydroxylation is 1. The summed E-state index contributed by atoms with van der Waals surface area (Å²) in [5.74, 6) is -0.374. The number of ether oxygens (including phenoxy) is 1. The normalized spacial score (nSPS) is 10.8. The summed E-state index contributed by atoms with van der Waals surface area (Å²) in [4.78, 5) is 16.1. The molecular formula is C15H12FN3O2. The van der Waals surface area contributed by atoms with E-state index in [1.54, 1.807) is 28.8 Å². The Morgan fingerprint density at radius 2 is 1.90 bits per heavy atom. The Balaban J connectivity index is 2.21. The van der Waals surface area contributed by atoms with Crippen LogP contribution >= 0.6 is 0 Å². The second kappa shape index (κ2) is 4.97. The molecule has 0 saturated carbocycles. The van der Waals surface area contributed by atoms with Crippen LogP contribution in [0.1, 0.15) is 16.1 Å². The zero-order valence-corrected chi connectivity index (χ0v) is 11.5. The molecule has 0 aliphatic heterocycles. The average Bonchev–Trinajstić information content (AvgIpc) is 2.93. The Labute approximate surface area is 120 Å². The molecule has 3 rings (SSSR count). The molecule has 2 aromatic heterocycles. The molecule has 0 fully saturated rings. The van der Waals surface area contributed by atoms with E-state index in [1.807, 2.05) is 6.92 Å². The summed E-state index contributed by atoms with van der Waals surface area (Å²) in [6, 6.07) is 9.29. The highest BCUT2D eigenvalue weighted by Crippen LogP contribution is 2.20. The molecule has 21 heavy (non-hydrogen) atoms. The number of rotatable bonds is 2. The van der Waals surface area contributed by atoms with Crippen molar-refractivity contribution < 1.29 is 13.9 Å². The number of hydrogen-bond acceptors (Lipinski definition) is 4. The van der Waals surface area contributed by atoms with Gasteiger partial charge in [0.1, 0.15) is 11.4 Å². The molecule has 0 aliphatic carbocycles. The fourth-order valence-corrected chi connectivity index (χ4v) is 2.07. The molecule has 2 heterocycles. The molecular weight excluding hydrogens is 273 g/mol. The van der Waals surface area contributed by atoms with Gasteiger partial charge in [0.25, 0.3) is 0 Å². The van der Waals surface area contributed by atoms with Crippen molar-refractivity contribution >= 4 is 11.6 Å². The van der Waals surface area contributed by atoms with Crippen LogP contribution in [-0.2, 0) is 4.74 Å². The molecule has 3 aromatic rings. The van der Waals surface area contributed by atoms with Gasteiger partial charge in [-0.3, -0.25) is 0 Å². The second-order valence-corrected chi connectivity index (χ2v) is 4.56. The number of carbonyl (C=O) groups excluding carboxylic acids is 1. The zero-order valence-electron chi connectivity index (χ0n) is 11.5. The van der Waals surface area contributed by atoms with Crippen molar-refractivity contribution in [2.24, 2.45) is 0 Å². The maximum atomic E-state index is 13.0. The number of esters is 1. The molecule has 0 N–H and O–H groups in total. The highest BCUT2D eigenvalue weighted by atomic mass is 19.1. The van der Waals surface area contributed by atoms with Crippen molar-refractivity contribution in [2.45, 2.75) is 6.92 Å². The lowest BCUT2D eigenvalue weighted by molar-refractivity contribution is 0.0602. The quantitative estimate of drug-likeness (QED) is 0.679. The van der Waals surface area contributed by atoms with Gasteiger partial charge >= 0.3 is 5.97 Å². The number of aromatic nitrogens is 3. The first-order valence-corrected chi connectivity index (χ1v) is 6.31. The molecule has 6 heteroatoms. The van der Waals surface area contributed by atoms with Crippen molar-refractivity contribution in [3.63, 3.8) is 0 Å². The van der Waals surface area contributed by atoms with Crippen LogP contribution in [0.4, 0.5) is 4.39 Å². The van der Waals surface area contributed by atoms with Crippen molar-refractivity contribution in [2.75, 3.05) is 7.11 Å². The summed E-state index contributed by atoms with van der Waals surface area (Å²) in [6.07, 6.45) is 0. The predicted molar refractivity (Wildman–Crippen MR) is 74.5 cm³/mol. The molecule has 0 spiro atoms. The van der Waals surface area contributed by atoms with E-state index >= 15 is 0 Å². The predicted octanol–water partition coefficient (Wildman–Crippen LogP) is 2.63. The van der Waals surface area contributed by atoms with E-state index in [0.717, 1.165) is 5.69 Å². The molecule has 0 bridgehead atoms. The third-order valence-electron chi connectivity index (χ3n) is 3.18. The Morgan fingerprint density at radius 1 is 1.19 bits per heavy atom. The van der Waals surface area contributed by atoms with Crippen LogP contribution in [0.2, 0.25) is 0 Å². The molecule has 0 amide bonds. The van der Waals surface area contributed by atoms with E-state index in [-0.39, 0.29) is 5.82 Å². The Hall–Kier alpha value is -2.76. The number of methoxy groups -OCH3 is 1. The highest BCUT2D eigenvalue weighted by molar-refractivity contribution is 5.96. The molecule has 0 aliphatic rings. The minimum atomic E-state index is -0.474. The van der Waals surface area contributed by atoms with Crippen LogP contribution in [0.15, 0.2) is 36.4 Å². The van der Waals surface area contributed by atoms with Crippen molar-refractivity contribution in [3.05, 3.63) is 53.5 Å². The minimum absolute atomic E-state index is 0.325. The Bertz CT molecular complexity index is 825. The van der Waals surface area contributed by atoms with E-state index in [1.165, 1.54) is 19.2 Å². The van der Waals surface area contributed by atoms with Crippen LogP contribution in [0.3, 0.4) is 0 Å². The maximum absolute atomic E-state index is 13.0. The maximum Gasteiger partial charge on any atom is 0.341 e. The van der Waals surface area contributed by atoms with Gasteiger partial charge in [-0.25, -0.2) is 18.7 Å². The number of halogens is 1. The summed E-state index contributed by atoms with van der Waals surface area (Å²) in [6.45, 7) is 1.86. The first-order chi connectivity index (χ1) is 10.1. The highest BCUT2D eigenvalue weighted by Gasteiger charge is 2.16. The van der Waals surface area contributed by atoms with Gasteiger partial charge in [-0.15, -0.1) is 5.10 Å². The summed E-state index contributed by atoms with van der Waals surface area (Å²) in [5.41, 5.74) is 2.26. The Kier molecular flexibility index (Phi) is 3.13. The fraction of sp³-hybridized carbons (Fsp3) is 0.133. The molecule has 1 aromatic carbocycles. The van der Waals surface area contributed by atoms with E-state index in [0.29, 0.717) is 22.6 Å². The fourth-order valence-electron chi connectivity index (χ4n) is 2.07. The lowest BCUT2D eigenvalue weighted by Crippen LogP contribution is -2.06. The number of fused-ring (bicyclic) bond motifs is 1. The SMILES string of the molecule is COC(=O)c1ccc(C)n2nc(-c3ccc(F)cc3)nc12. The van der Waals surface area contributed by atoms with E-state index in [4.69, 9.17) is 4.74 Å². The Morgan fingerprint density at radius 3 is 2.57 bits per heavy atom. The van der Waals surface area contributed by atoms with E-state index in [2.05, 4.69) is 10.1 Å². The second-order valence-electron chi connectivity index (χ2n) is 4.56. The number of nitrogens with zero attached hydrogens (tertiary/aromatic N) is 3. The molecule has 0 saturated heterocycles. The van der Waals surface area contributed by atoms with Crippen molar-refractivity contribution in [1.29, 1.82) is 0 Å². The number of hydrogen-bond donors (Lipinski definition) is 0. The topological polar surface area (TPSA) is 56.5 Å². The first-order valence-electron chi connectivity index (χ1n) is 6.31. The van der Waals surface area contributed by atoms with E-state index < -0.39 is 5.97 Å². The first kappa shape index (κ1) is 13.2. The van der Waals surface area contributed by atoms with Crippen LogP contribution in [0.5, 0.6) is 0 Å². The minimum Gasteiger partial charge on any atom is -0.465 e. The van der Waals surface area contributed by atoms with Crippen LogP contribution in [-0.4, -0.2) is 27.7 Å². The van der Waals surface area contributed by atoms with Crippen LogP contribution in [0.25, 0.3) is 17.0 Å². The van der Waals surface area contributed by atoms with Crippen molar-refractivity contribution in [1.82, 2.24) is 14.6 Å². The third kappa shape index (κ3) is 2.24. The van der Waals surface area contributed by atoms with Gasteiger partial charge in [-0.2, -0.15) is 0 Å². The standard InChI is InChI=1S/C15H12FN3O2/c1-9-3-8-12(15(20)21-2)14-17-13(18-19(9)14)10-4-6-11(16)7-5-10/h3-8H,1-2H3. The molecule has 0 radical (unpaired) electrons. The molecule has 0 atom stereocenters. The summed E-state index contributed by atoms with van der Waals surface area (Å²) in [5, 5.41) is 4.36. The van der Waals surface area contributed by atoms with Gasteiger partial charge in [0.15, 0.2) is 11.5 Å². The van der Waals surface area contributed by atoms with Gasteiger partial charge in [0, 0.05) is 11.3 Å². The summed E-state index contributed by atoms with van der Waals surface area (Å²) >= 11 is 0. The van der Waals surface area contributed by atoms with Gasteiger partial charge in [-0.1, -0.05) is 0 Å². The monoisotopic (exact) mass is 285 g/mol. The van der Waals surface area contributed by atoms with Gasteiger partial charge in [0.2, 0.25) is 0 Å². The smallest absolute Gasteiger partial charge is 0.341 e.